The van der Waals surface area contributed by atoms with Crippen molar-refractivity contribution in [2.45, 2.75) is 43.7 Å². The van der Waals surface area contributed by atoms with Gasteiger partial charge in [-0.15, -0.1) is 0 Å². The summed E-state index contributed by atoms with van der Waals surface area (Å²) in [5.74, 6) is 1.54. The third-order valence-corrected chi connectivity index (χ3v) is 6.29. The van der Waals surface area contributed by atoms with Gasteiger partial charge in [-0.1, -0.05) is 48.7 Å². The Morgan fingerprint density at radius 1 is 1.07 bits per heavy atom. The second-order valence-electron chi connectivity index (χ2n) is 7.39. The molecule has 2 N–H and O–H groups in total. The predicted molar refractivity (Wildman–Crippen MR) is 116 cm³/mol. The third kappa shape index (κ3) is 4.29. The number of methoxy groups -OCH3 is 2. The van der Waals surface area contributed by atoms with Gasteiger partial charge in [0.25, 0.3) is 0 Å². The quantitative estimate of drug-likeness (QED) is 0.679. The van der Waals surface area contributed by atoms with Crippen molar-refractivity contribution in [2.75, 3.05) is 27.8 Å². The average Bonchev–Trinajstić information content (AvgIpc) is 2.74. The Morgan fingerprint density at radius 3 is 2.57 bits per heavy atom. The summed E-state index contributed by atoms with van der Waals surface area (Å²) in [5.41, 5.74) is 2.30. The fourth-order valence-corrected chi connectivity index (χ4v) is 4.76. The van der Waals surface area contributed by atoms with Crippen LogP contribution in [0.2, 0.25) is 5.02 Å². The van der Waals surface area contributed by atoms with Crippen molar-refractivity contribution in [1.29, 1.82) is 0 Å². The first-order valence-electron chi connectivity index (χ1n) is 10.0. The van der Waals surface area contributed by atoms with Gasteiger partial charge in [0, 0.05) is 11.1 Å². The van der Waals surface area contributed by atoms with Crippen LogP contribution in [0.1, 0.15) is 36.8 Å². The van der Waals surface area contributed by atoms with Crippen molar-refractivity contribution >= 4 is 11.6 Å². The lowest BCUT2D eigenvalue weighted by molar-refractivity contribution is 0.179. The number of hydrogen-bond donors (Lipinski definition) is 2. The topological polar surface area (TPSA) is 42.5 Å². The minimum Gasteiger partial charge on any atom is -0.493 e. The molecule has 0 spiro atoms. The smallest absolute Gasteiger partial charge is 0.160 e. The van der Waals surface area contributed by atoms with Gasteiger partial charge in [0.15, 0.2) is 11.5 Å². The number of halogens is 1. The number of likely N-dealkylation sites (N-methyl/N-ethyl adjacent to an activating group) is 1. The Kier molecular flexibility index (Phi) is 7.22. The highest BCUT2D eigenvalue weighted by Gasteiger charge is 2.41. The zero-order valence-corrected chi connectivity index (χ0v) is 17.8. The Bertz CT molecular complexity index is 783. The summed E-state index contributed by atoms with van der Waals surface area (Å²) in [6, 6.07) is 14.7. The minimum atomic E-state index is -0.131. The Labute approximate surface area is 173 Å². The number of hydrogen-bond acceptors (Lipinski definition) is 4. The summed E-state index contributed by atoms with van der Waals surface area (Å²) in [6.45, 7) is 0.897. The van der Waals surface area contributed by atoms with Gasteiger partial charge < -0.3 is 20.1 Å². The summed E-state index contributed by atoms with van der Waals surface area (Å²) < 4.78 is 10.8. The summed E-state index contributed by atoms with van der Waals surface area (Å²) in [6.07, 6.45) is 5.60. The molecule has 1 fully saturated rings. The zero-order valence-electron chi connectivity index (χ0n) is 17.1. The van der Waals surface area contributed by atoms with E-state index >= 15 is 0 Å². The monoisotopic (exact) mass is 402 g/mol. The van der Waals surface area contributed by atoms with Crippen molar-refractivity contribution < 1.29 is 9.47 Å². The molecule has 152 valence electrons. The van der Waals surface area contributed by atoms with E-state index in [0.29, 0.717) is 6.04 Å². The van der Waals surface area contributed by atoms with Crippen molar-refractivity contribution in [3.63, 3.8) is 0 Å². The van der Waals surface area contributed by atoms with E-state index in [9.17, 15) is 0 Å². The van der Waals surface area contributed by atoms with Crippen LogP contribution in [0.15, 0.2) is 42.5 Å². The molecule has 4 nitrogen and oxygen atoms in total. The molecule has 2 aromatic rings. The van der Waals surface area contributed by atoms with Gasteiger partial charge in [-0.2, -0.15) is 0 Å². The minimum absolute atomic E-state index is 0.131. The standard InChI is InChI=1S/C23H31ClN2O2/c1-25-23(18-8-4-5-9-19(18)24)14-7-6-10-22(23)26-15-13-17-11-12-20(27-2)21(16-17)28-3/h4-5,8-9,11-12,16,22,25-26H,6-7,10,13-15H2,1-3H3/t22-,23+/m1/s1. The van der Waals surface area contributed by atoms with Crippen molar-refractivity contribution in [3.05, 3.63) is 58.6 Å². The van der Waals surface area contributed by atoms with E-state index in [1.807, 2.05) is 18.2 Å². The van der Waals surface area contributed by atoms with E-state index < -0.39 is 0 Å². The van der Waals surface area contributed by atoms with E-state index in [4.69, 9.17) is 21.1 Å². The summed E-state index contributed by atoms with van der Waals surface area (Å²) in [5, 5.41) is 8.27. The lowest BCUT2D eigenvalue weighted by atomic mass is 9.72. The van der Waals surface area contributed by atoms with Crippen LogP contribution in [0.4, 0.5) is 0 Å². The SMILES string of the molecule is CN[C@]1(c2ccccc2Cl)CCCC[C@H]1NCCc1ccc(OC)c(OC)c1. The molecule has 0 heterocycles. The van der Waals surface area contributed by atoms with Gasteiger partial charge in [0.2, 0.25) is 0 Å². The number of benzene rings is 2. The summed E-state index contributed by atoms with van der Waals surface area (Å²) >= 11 is 6.59. The van der Waals surface area contributed by atoms with E-state index in [-0.39, 0.29) is 5.54 Å². The molecule has 3 rings (SSSR count). The molecule has 1 saturated carbocycles. The molecule has 0 radical (unpaired) electrons. The highest BCUT2D eigenvalue weighted by atomic mass is 35.5. The van der Waals surface area contributed by atoms with E-state index in [1.54, 1.807) is 14.2 Å². The molecule has 2 atom stereocenters. The lowest BCUT2D eigenvalue weighted by Crippen LogP contribution is -2.58. The highest BCUT2D eigenvalue weighted by molar-refractivity contribution is 6.31. The number of ether oxygens (including phenoxy) is 2. The van der Waals surface area contributed by atoms with Crippen LogP contribution in [-0.4, -0.2) is 33.9 Å². The second kappa shape index (κ2) is 9.64. The fraction of sp³-hybridized carbons (Fsp3) is 0.478. The van der Waals surface area contributed by atoms with Crippen LogP contribution in [-0.2, 0) is 12.0 Å². The molecule has 0 aliphatic heterocycles. The Balaban J connectivity index is 1.72. The normalized spacial score (nSPS) is 22.1. The van der Waals surface area contributed by atoms with Crippen LogP contribution in [0, 0.1) is 0 Å². The van der Waals surface area contributed by atoms with Crippen molar-refractivity contribution in [2.24, 2.45) is 0 Å². The lowest BCUT2D eigenvalue weighted by Gasteiger charge is -2.45. The van der Waals surface area contributed by atoms with Crippen LogP contribution in [0.25, 0.3) is 0 Å². The predicted octanol–water partition coefficient (Wildman–Crippen LogP) is 4.55. The maximum Gasteiger partial charge on any atom is 0.160 e. The molecular formula is C23H31ClN2O2. The third-order valence-electron chi connectivity index (χ3n) is 5.96. The molecule has 5 heteroatoms. The largest absolute Gasteiger partial charge is 0.493 e. The first-order valence-corrected chi connectivity index (χ1v) is 10.4. The molecule has 0 bridgehead atoms. The van der Waals surface area contributed by atoms with Crippen LogP contribution >= 0.6 is 11.6 Å². The zero-order chi connectivity index (χ0) is 20.0. The molecular weight excluding hydrogens is 372 g/mol. The highest BCUT2D eigenvalue weighted by Crippen LogP contribution is 2.40. The fourth-order valence-electron chi connectivity index (χ4n) is 4.46. The molecule has 28 heavy (non-hydrogen) atoms. The van der Waals surface area contributed by atoms with Gasteiger partial charge in [0.05, 0.1) is 19.8 Å². The van der Waals surface area contributed by atoms with Crippen molar-refractivity contribution in [3.8, 4) is 11.5 Å². The van der Waals surface area contributed by atoms with Gasteiger partial charge >= 0.3 is 0 Å². The molecule has 0 unspecified atom stereocenters. The van der Waals surface area contributed by atoms with Crippen molar-refractivity contribution in [1.82, 2.24) is 10.6 Å². The van der Waals surface area contributed by atoms with Crippen LogP contribution in [0.3, 0.4) is 0 Å². The number of rotatable bonds is 8. The van der Waals surface area contributed by atoms with Gasteiger partial charge in [0.1, 0.15) is 0 Å². The van der Waals surface area contributed by atoms with E-state index in [1.165, 1.54) is 24.0 Å². The van der Waals surface area contributed by atoms with Gasteiger partial charge in [-0.3, -0.25) is 0 Å². The Morgan fingerprint density at radius 2 is 1.86 bits per heavy atom. The van der Waals surface area contributed by atoms with Crippen LogP contribution < -0.4 is 20.1 Å². The van der Waals surface area contributed by atoms with Gasteiger partial charge in [-0.25, -0.2) is 0 Å². The molecule has 0 amide bonds. The number of nitrogens with one attached hydrogen (secondary N) is 2. The Hall–Kier alpha value is -1.75. The maximum absolute atomic E-state index is 6.59. The van der Waals surface area contributed by atoms with E-state index in [0.717, 1.165) is 42.3 Å². The molecule has 1 aliphatic rings. The maximum atomic E-state index is 6.59. The van der Waals surface area contributed by atoms with E-state index in [2.05, 4.69) is 41.9 Å². The molecule has 0 aromatic heterocycles. The second-order valence-corrected chi connectivity index (χ2v) is 7.80. The summed E-state index contributed by atoms with van der Waals surface area (Å²) in [7, 11) is 5.39. The molecule has 1 aliphatic carbocycles. The van der Waals surface area contributed by atoms with Gasteiger partial charge in [-0.05, 0) is 62.2 Å². The average molecular weight is 403 g/mol. The summed E-state index contributed by atoms with van der Waals surface area (Å²) in [4.78, 5) is 0. The first kappa shape index (κ1) is 21.0. The molecule has 0 saturated heterocycles. The molecule has 2 aromatic carbocycles. The first-order chi connectivity index (χ1) is 13.6. The van der Waals surface area contributed by atoms with Crippen LogP contribution in [0.5, 0.6) is 11.5 Å².